The second-order valence-corrected chi connectivity index (χ2v) is 4.26. The lowest BCUT2D eigenvalue weighted by atomic mass is 10.1. The molecule has 0 saturated carbocycles. The maximum absolute atomic E-state index is 12.2. The van der Waals surface area contributed by atoms with Crippen LogP contribution in [0.4, 0.5) is 0 Å². The van der Waals surface area contributed by atoms with Gasteiger partial charge in [0.2, 0.25) is 0 Å². The van der Waals surface area contributed by atoms with Crippen LogP contribution in [-0.4, -0.2) is 29.6 Å². The van der Waals surface area contributed by atoms with Crippen LogP contribution in [0.25, 0.3) is 0 Å². The number of hydrogen-bond donors (Lipinski definition) is 2. The zero-order valence-corrected chi connectivity index (χ0v) is 11.9. The summed E-state index contributed by atoms with van der Waals surface area (Å²) in [5, 5.41) is 11.6. The molecule has 1 amide bonds. The second-order valence-electron chi connectivity index (χ2n) is 4.26. The molecule has 1 aromatic rings. The van der Waals surface area contributed by atoms with Crippen molar-refractivity contribution in [1.82, 2.24) is 5.32 Å². The van der Waals surface area contributed by atoms with Crippen LogP contribution in [0.3, 0.4) is 0 Å². The van der Waals surface area contributed by atoms with Gasteiger partial charge in [0.15, 0.2) is 0 Å². The third kappa shape index (κ3) is 5.14. The maximum atomic E-state index is 12.2. The molecular formula is C16H19NO4. The fraction of sp³-hybridized carbons (Fsp3) is 0.250. The van der Waals surface area contributed by atoms with Crippen molar-refractivity contribution in [3.05, 3.63) is 54.6 Å². The van der Waals surface area contributed by atoms with E-state index in [0.717, 1.165) is 0 Å². The van der Waals surface area contributed by atoms with E-state index in [-0.39, 0.29) is 13.0 Å². The minimum Gasteiger partial charge on any atom is -0.489 e. The average molecular weight is 289 g/mol. The Morgan fingerprint density at radius 2 is 2.14 bits per heavy atom. The predicted octanol–water partition coefficient (Wildman–Crippen LogP) is 2.40. The lowest BCUT2D eigenvalue weighted by molar-refractivity contribution is -0.139. The van der Waals surface area contributed by atoms with E-state index in [0.29, 0.717) is 11.3 Å². The quantitative estimate of drug-likeness (QED) is 0.721. The van der Waals surface area contributed by atoms with Gasteiger partial charge in [-0.1, -0.05) is 36.9 Å². The van der Waals surface area contributed by atoms with Crippen LogP contribution in [-0.2, 0) is 4.79 Å². The van der Waals surface area contributed by atoms with Gasteiger partial charge in [-0.15, -0.1) is 0 Å². The van der Waals surface area contributed by atoms with Crippen molar-refractivity contribution >= 4 is 11.9 Å². The smallest absolute Gasteiger partial charge is 0.326 e. The summed E-state index contributed by atoms with van der Waals surface area (Å²) in [6, 6.07) is 5.70. The number of hydrogen-bond acceptors (Lipinski definition) is 3. The summed E-state index contributed by atoms with van der Waals surface area (Å²) in [7, 11) is 0. The molecule has 0 aromatic heterocycles. The average Bonchev–Trinajstić information content (AvgIpc) is 2.49. The Hall–Kier alpha value is -2.56. The monoisotopic (exact) mass is 289 g/mol. The van der Waals surface area contributed by atoms with Crippen LogP contribution >= 0.6 is 0 Å². The van der Waals surface area contributed by atoms with Crippen LogP contribution in [0.1, 0.15) is 23.7 Å². The highest BCUT2D eigenvalue weighted by molar-refractivity contribution is 5.98. The number of ether oxygens (including phenoxy) is 1. The van der Waals surface area contributed by atoms with Gasteiger partial charge in [0, 0.05) is 0 Å². The Morgan fingerprint density at radius 3 is 2.76 bits per heavy atom. The van der Waals surface area contributed by atoms with Gasteiger partial charge >= 0.3 is 5.97 Å². The Kier molecular flexibility index (Phi) is 6.74. The zero-order chi connectivity index (χ0) is 15.7. The summed E-state index contributed by atoms with van der Waals surface area (Å²) in [6.45, 7) is 5.60. The fourth-order valence-electron chi connectivity index (χ4n) is 1.66. The van der Waals surface area contributed by atoms with Crippen LogP contribution < -0.4 is 10.1 Å². The normalized spacial score (nSPS) is 11.9. The molecule has 0 spiro atoms. The highest BCUT2D eigenvalue weighted by Crippen LogP contribution is 2.18. The van der Waals surface area contributed by atoms with Crippen LogP contribution in [0.15, 0.2) is 49.1 Å². The maximum Gasteiger partial charge on any atom is 0.326 e. The molecule has 0 bridgehead atoms. The number of benzene rings is 1. The summed E-state index contributed by atoms with van der Waals surface area (Å²) in [5.74, 6) is -1.16. The Bertz CT molecular complexity index is 537. The van der Waals surface area contributed by atoms with Gasteiger partial charge in [-0.25, -0.2) is 4.79 Å². The highest BCUT2D eigenvalue weighted by atomic mass is 16.5. The number of carboxylic acids is 1. The SMILES string of the molecule is C=CCOc1ccccc1C(=O)NC(C/C=C/C)C(=O)O. The first-order valence-electron chi connectivity index (χ1n) is 6.57. The van der Waals surface area contributed by atoms with Crippen molar-refractivity contribution in [1.29, 1.82) is 0 Å². The van der Waals surface area contributed by atoms with Crippen molar-refractivity contribution in [2.24, 2.45) is 0 Å². The molecule has 0 saturated heterocycles. The first-order chi connectivity index (χ1) is 10.1. The molecular weight excluding hydrogens is 270 g/mol. The molecule has 0 aliphatic rings. The van der Waals surface area contributed by atoms with Gasteiger partial charge in [-0.2, -0.15) is 0 Å². The summed E-state index contributed by atoms with van der Waals surface area (Å²) in [5.41, 5.74) is 0.297. The van der Waals surface area contributed by atoms with E-state index in [1.165, 1.54) is 0 Å². The van der Waals surface area contributed by atoms with Crippen LogP contribution in [0, 0.1) is 0 Å². The largest absolute Gasteiger partial charge is 0.489 e. The van der Waals surface area contributed by atoms with Gasteiger partial charge in [0.25, 0.3) is 5.91 Å². The molecule has 1 rings (SSSR count). The van der Waals surface area contributed by atoms with Crippen LogP contribution in [0.2, 0.25) is 0 Å². The van der Waals surface area contributed by atoms with Gasteiger partial charge in [0.1, 0.15) is 18.4 Å². The summed E-state index contributed by atoms with van der Waals surface area (Å²) in [4.78, 5) is 23.3. The third-order valence-electron chi connectivity index (χ3n) is 2.70. The van der Waals surface area contributed by atoms with Crippen molar-refractivity contribution < 1.29 is 19.4 Å². The number of para-hydroxylation sites is 1. The number of amides is 1. The molecule has 5 nitrogen and oxygen atoms in total. The van der Waals surface area contributed by atoms with Crippen molar-refractivity contribution in [3.8, 4) is 5.75 Å². The van der Waals surface area contributed by atoms with Crippen LogP contribution in [0.5, 0.6) is 5.75 Å². The number of aliphatic carboxylic acids is 1. The molecule has 0 aliphatic heterocycles. The molecule has 0 aliphatic carbocycles. The molecule has 5 heteroatoms. The van der Waals surface area contributed by atoms with E-state index in [1.807, 2.05) is 0 Å². The molecule has 21 heavy (non-hydrogen) atoms. The molecule has 0 fully saturated rings. The lowest BCUT2D eigenvalue weighted by Crippen LogP contribution is -2.40. The summed E-state index contributed by atoms with van der Waals surface area (Å²) in [6.07, 6.45) is 5.23. The fourth-order valence-corrected chi connectivity index (χ4v) is 1.66. The molecule has 1 unspecified atom stereocenters. The van der Waals surface area contributed by atoms with Crippen molar-refractivity contribution in [2.75, 3.05) is 6.61 Å². The lowest BCUT2D eigenvalue weighted by Gasteiger charge is -2.14. The first-order valence-corrected chi connectivity index (χ1v) is 6.57. The highest BCUT2D eigenvalue weighted by Gasteiger charge is 2.21. The Labute approximate surface area is 123 Å². The van der Waals surface area contributed by atoms with E-state index < -0.39 is 17.9 Å². The molecule has 0 radical (unpaired) electrons. The minimum atomic E-state index is -1.08. The number of carbonyl (C=O) groups excluding carboxylic acids is 1. The van der Waals surface area contributed by atoms with E-state index >= 15 is 0 Å². The van der Waals surface area contributed by atoms with E-state index in [4.69, 9.17) is 9.84 Å². The standard InChI is InChI=1S/C16H19NO4/c1-3-5-9-13(16(19)20)17-15(18)12-8-6-7-10-14(12)21-11-4-2/h3-8,10,13H,2,9,11H2,1H3,(H,17,18)(H,19,20)/b5-3+. The topological polar surface area (TPSA) is 75.6 Å². The number of carbonyl (C=O) groups is 2. The Morgan fingerprint density at radius 1 is 1.43 bits per heavy atom. The minimum absolute atomic E-state index is 0.229. The second kappa shape index (κ2) is 8.58. The van der Waals surface area contributed by atoms with E-state index in [1.54, 1.807) is 49.4 Å². The zero-order valence-electron chi connectivity index (χ0n) is 11.9. The third-order valence-corrected chi connectivity index (χ3v) is 2.70. The Balaban J connectivity index is 2.86. The molecule has 0 heterocycles. The predicted molar refractivity (Wildman–Crippen MR) is 80.5 cm³/mol. The van der Waals surface area contributed by atoms with Gasteiger partial charge in [-0.3, -0.25) is 4.79 Å². The van der Waals surface area contributed by atoms with E-state index in [2.05, 4.69) is 11.9 Å². The summed E-state index contributed by atoms with van der Waals surface area (Å²) >= 11 is 0. The molecule has 112 valence electrons. The number of carboxylic acid groups (broad SMARTS) is 1. The summed E-state index contributed by atoms with van der Waals surface area (Å²) < 4.78 is 5.39. The van der Waals surface area contributed by atoms with Crippen molar-refractivity contribution in [2.45, 2.75) is 19.4 Å². The molecule has 2 N–H and O–H groups in total. The van der Waals surface area contributed by atoms with E-state index in [9.17, 15) is 9.59 Å². The van der Waals surface area contributed by atoms with Gasteiger partial charge in [0.05, 0.1) is 5.56 Å². The van der Waals surface area contributed by atoms with Gasteiger partial charge in [-0.05, 0) is 25.5 Å². The number of rotatable bonds is 8. The van der Waals surface area contributed by atoms with Gasteiger partial charge < -0.3 is 15.2 Å². The first kappa shape index (κ1) is 16.5. The number of nitrogens with one attached hydrogen (secondary N) is 1. The van der Waals surface area contributed by atoms with Crippen molar-refractivity contribution in [3.63, 3.8) is 0 Å². The number of allylic oxidation sites excluding steroid dienone is 1. The molecule has 1 aromatic carbocycles. The molecule has 1 atom stereocenters.